The van der Waals surface area contributed by atoms with E-state index in [-0.39, 0.29) is 5.92 Å². The van der Waals surface area contributed by atoms with Crippen LogP contribution in [0.25, 0.3) is 0 Å². The van der Waals surface area contributed by atoms with Crippen molar-refractivity contribution in [3.8, 4) is 0 Å². The van der Waals surface area contributed by atoms with E-state index in [0.29, 0.717) is 25.2 Å². The summed E-state index contributed by atoms with van der Waals surface area (Å²) in [5.41, 5.74) is 0. The third-order valence-corrected chi connectivity index (χ3v) is 2.88. The SMILES string of the molecule is C[C@@H](CC1CCC(F)CC1)C(=O)O. The molecule has 1 atom stereocenters. The van der Waals surface area contributed by atoms with Crippen LogP contribution in [0, 0.1) is 11.8 Å². The lowest BCUT2D eigenvalue weighted by Gasteiger charge is -2.25. The van der Waals surface area contributed by atoms with Crippen LogP contribution in [-0.4, -0.2) is 17.2 Å². The van der Waals surface area contributed by atoms with E-state index in [2.05, 4.69) is 0 Å². The van der Waals surface area contributed by atoms with E-state index < -0.39 is 12.1 Å². The van der Waals surface area contributed by atoms with Crippen molar-refractivity contribution < 1.29 is 14.3 Å². The van der Waals surface area contributed by atoms with Gasteiger partial charge in [-0.05, 0) is 38.0 Å². The summed E-state index contributed by atoms with van der Waals surface area (Å²) in [4.78, 5) is 10.6. The van der Waals surface area contributed by atoms with Gasteiger partial charge in [-0.15, -0.1) is 0 Å². The van der Waals surface area contributed by atoms with Gasteiger partial charge in [0.2, 0.25) is 0 Å². The molecule has 1 rings (SSSR count). The van der Waals surface area contributed by atoms with Gasteiger partial charge in [0.05, 0.1) is 5.92 Å². The van der Waals surface area contributed by atoms with Crippen molar-refractivity contribution in [2.75, 3.05) is 0 Å². The molecule has 0 saturated heterocycles. The van der Waals surface area contributed by atoms with Crippen molar-refractivity contribution in [1.82, 2.24) is 0 Å². The molecule has 0 spiro atoms. The highest BCUT2D eigenvalue weighted by atomic mass is 19.1. The quantitative estimate of drug-likeness (QED) is 0.739. The predicted molar refractivity (Wildman–Crippen MR) is 48.3 cm³/mol. The zero-order valence-corrected chi connectivity index (χ0v) is 8.00. The van der Waals surface area contributed by atoms with Gasteiger partial charge in [0.15, 0.2) is 0 Å². The Morgan fingerprint density at radius 2 is 2.00 bits per heavy atom. The molecular weight excluding hydrogens is 171 g/mol. The van der Waals surface area contributed by atoms with Crippen LogP contribution in [0.1, 0.15) is 39.0 Å². The molecular formula is C10H17FO2. The van der Waals surface area contributed by atoms with Crippen molar-refractivity contribution in [3.05, 3.63) is 0 Å². The molecule has 0 unspecified atom stereocenters. The molecule has 1 aliphatic rings. The molecule has 0 aromatic rings. The highest BCUT2D eigenvalue weighted by molar-refractivity contribution is 5.69. The Balaban J connectivity index is 2.26. The van der Waals surface area contributed by atoms with E-state index in [1.54, 1.807) is 6.92 Å². The lowest BCUT2D eigenvalue weighted by Crippen LogP contribution is -2.20. The topological polar surface area (TPSA) is 37.3 Å². The van der Waals surface area contributed by atoms with Crippen LogP contribution in [-0.2, 0) is 4.79 Å². The number of carbonyl (C=O) groups is 1. The standard InChI is InChI=1S/C10H17FO2/c1-7(10(12)13)6-8-2-4-9(11)5-3-8/h7-9H,2-6H2,1H3,(H,12,13)/t7-,8?,9?/m0/s1. The van der Waals surface area contributed by atoms with E-state index >= 15 is 0 Å². The summed E-state index contributed by atoms with van der Waals surface area (Å²) in [7, 11) is 0. The fourth-order valence-corrected chi connectivity index (χ4v) is 1.96. The molecule has 3 heteroatoms. The van der Waals surface area contributed by atoms with Crippen LogP contribution in [0.15, 0.2) is 0 Å². The van der Waals surface area contributed by atoms with Gasteiger partial charge in [-0.3, -0.25) is 4.79 Å². The molecule has 0 amide bonds. The van der Waals surface area contributed by atoms with Crippen molar-refractivity contribution in [2.45, 2.75) is 45.2 Å². The molecule has 0 aromatic carbocycles. The van der Waals surface area contributed by atoms with Crippen LogP contribution in [0.3, 0.4) is 0 Å². The van der Waals surface area contributed by atoms with E-state index in [1.165, 1.54) is 0 Å². The van der Waals surface area contributed by atoms with Gasteiger partial charge in [0, 0.05) is 0 Å². The Morgan fingerprint density at radius 3 is 2.46 bits per heavy atom. The minimum Gasteiger partial charge on any atom is -0.481 e. The lowest BCUT2D eigenvalue weighted by atomic mass is 9.82. The van der Waals surface area contributed by atoms with Gasteiger partial charge < -0.3 is 5.11 Å². The van der Waals surface area contributed by atoms with E-state index in [1.807, 2.05) is 0 Å². The molecule has 0 bridgehead atoms. The molecule has 1 fully saturated rings. The van der Waals surface area contributed by atoms with E-state index in [4.69, 9.17) is 5.11 Å². The van der Waals surface area contributed by atoms with Crippen LogP contribution in [0.2, 0.25) is 0 Å². The molecule has 1 aliphatic carbocycles. The number of hydrogen-bond acceptors (Lipinski definition) is 1. The zero-order valence-electron chi connectivity index (χ0n) is 8.00. The average Bonchev–Trinajstić information content (AvgIpc) is 2.08. The minimum absolute atomic E-state index is 0.277. The second-order valence-electron chi connectivity index (χ2n) is 4.09. The minimum atomic E-state index is -0.734. The van der Waals surface area contributed by atoms with Gasteiger partial charge in [0.25, 0.3) is 0 Å². The van der Waals surface area contributed by atoms with Crippen LogP contribution in [0.5, 0.6) is 0 Å². The van der Waals surface area contributed by atoms with E-state index in [0.717, 1.165) is 12.8 Å². The van der Waals surface area contributed by atoms with Crippen molar-refractivity contribution in [2.24, 2.45) is 11.8 Å². The zero-order chi connectivity index (χ0) is 9.84. The second-order valence-corrected chi connectivity index (χ2v) is 4.09. The van der Waals surface area contributed by atoms with Gasteiger partial charge in [0.1, 0.15) is 6.17 Å². The summed E-state index contributed by atoms with van der Waals surface area (Å²) in [5, 5.41) is 8.69. The van der Waals surface area contributed by atoms with Crippen LogP contribution in [0.4, 0.5) is 4.39 Å². The Morgan fingerprint density at radius 1 is 1.46 bits per heavy atom. The number of carboxylic acids is 1. The average molecular weight is 188 g/mol. The molecule has 2 nitrogen and oxygen atoms in total. The van der Waals surface area contributed by atoms with Gasteiger partial charge in [-0.1, -0.05) is 6.92 Å². The molecule has 0 radical (unpaired) electrons. The summed E-state index contributed by atoms with van der Waals surface area (Å²) < 4.78 is 12.7. The first kappa shape index (κ1) is 10.5. The number of aliphatic carboxylic acids is 1. The summed E-state index contributed by atoms with van der Waals surface area (Å²) in [6, 6.07) is 0. The predicted octanol–water partition coefficient (Wildman–Crippen LogP) is 2.63. The summed E-state index contributed by atoms with van der Waals surface area (Å²) in [5.74, 6) is -0.582. The van der Waals surface area contributed by atoms with E-state index in [9.17, 15) is 9.18 Å². The third-order valence-electron chi connectivity index (χ3n) is 2.88. The number of rotatable bonds is 3. The second kappa shape index (κ2) is 4.58. The van der Waals surface area contributed by atoms with Crippen LogP contribution < -0.4 is 0 Å². The highest BCUT2D eigenvalue weighted by Gasteiger charge is 2.24. The summed E-state index contributed by atoms with van der Waals surface area (Å²) >= 11 is 0. The highest BCUT2D eigenvalue weighted by Crippen LogP contribution is 2.30. The Bertz CT molecular complexity index is 174. The maximum absolute atomic E-state index is 12.7. The first-order valence-corrected chi connectivity index (χ1v) is 4.96. The summed E-state index contributed by atoms with van der Waals surface area (Å²) in [6.07, 6.45) is 3.03. The molecule has 0 aromatic heterocycles. The maximum atomic E-state index is 12.7. The Hall–Kier alpha value is -0.600. The smallest absolute Gasteiger partial charge is 0.306 e. The fraction of sp³-hybridized carbons (Fsp3) is 0.900. The first-order chi connectivity index (χ1) is 6.09. The Labute approximate surface area is 78.1 Å². The molecule has 0 heterocycles. The molecule has 13 heavy (non-hydrogen) atoms. The largest absolute Gasteiger partial charge is 0.481 e. The fourth-order valence-electron chi connectivity index (χ4n) is 1.96. The lowest BCUT2D eigenvalue weighted by molar-refractivity contribution is -0.141. The first-order valence-electron chi connectivity index (χ1n) is 4.96. The van der Waals surface area contributed by atoms with Gasteiger partial charge >= 0.3 is 5.97 Å². The normalized spacial score (nSPS) is 31.2. The summed E-state index contributed by atoms with van der Waals surface area (Å²) in [6.45, 7) is 1.73. The number of alkyl halides is 1. The number of carboxylic acid groups (broad SMARTS) is 1. The van der Waals surface area contributed by atoms with Crippen molar-refractivity contribution in [3.63, 3.8) is 0 Å². The van der Waals surface area contributed by atoms with Crippen molar-refractivity contribution >= 4 is 5.97 Å². The van der Waals surface area contributed by atoms with Crippen LogP contribution >= 0.6 is 0 Å². The van der Waals surface area contributed by atoms with Gasteiger partial charge in [-0.2, -0.15) is 0 Å². The maximum Gasteiger partial charge on any atom is 0.306 e. The number of halogens is 1. The molecule has 1 N–H and O–H groups in total. The van der Waals surface area contributed by atoms with Crippen molar-refractivity contribution in [1.29, 1.82) is 0 Å². The molecule has 76 valence electrons. The third kappa shape index (κ3) is 3.33. The number of hydrogen-bond donors (Lipinski definition) is 1. The Kier molecular flexibility index (Phi) is 3.70. The molecule has 1 saturated carbocycles. The molecule has 0 aliphatic heterocycles. The van der Waals surface area contributed by atoms with Gasteiger partial charge in [-0.25, -0.2) is 4.39 Å². The monoisotopic (exact) mass is 188 g/mol.